The second-order valence-corrected chi connectivity index (χ2v) is 4.93. The van der Waals surface area contributed by atoms with Gasteiger partial charge >= 0.3 is 0 Å². The van der Waals surface area contributed by atoms with Gasteiger partial charge in [-0.15, -0.1) is 0 Å². The zero-order chi connectivity index (χ0) is 13.1. The van der Waals surface area contributed by atoms with Gasteiger partial charge in [-0.05, 0) is 38.1 Å². The Morgan fingerprint density at radius 3 is 2.61 bits per heavy atom. The lowest BCUT2D eigenvalue weighted by Crippen LogP contribution is -2.26. The Labute approximate surface area is 114 Å². The van der Waals surface area contributed by atoms with E-state index in [0.29, 0.717) is 11.5 Å². The molecule has 1 heterocycles. The van der Waals surface area contributed by atoms with Crippen molar-refractivity contribution < 1.29 is 9.21 Å². The van der Waals surface area contributed by atoms with E-state index in [4.69, 9.17) is 4.42 Å². The summed E-state index contributed by atoms with van der Waals surface area (Å²) < 4.78 is 6.31. The molecule has 0 bridgehead atoms. The summed E-state index contributed by atoms with van der Waals surface area (Å²) in [4.78, 5) is 16.0. The number of nitrogens with zero attached hydrogens (tertiary/aromatic N) is 1. The number of hydrogen-bond acceptors (Lipinski definition) is 3. The number of benzene rings is 1. The van der Waals surface area contributed by atoms with Gasteiger partial charge in [-0.3, -0.25) is 4.79 Å². The highest BCUT2D eigenvalue weighted by molar-refractivity contribution is 9.10. The number of rotatable bonds is 3. The Balaban J connectivity index is 2.05. The molecule has 1 amide bonds. The van der Waals surface area contributed by atoms with Crippen LogP contribution >= 0.6 is 15.9 Å². The van der Waals surface area contributed by atoms with Crippen LogP contribution in [-0.2, 0) is 0 Å². The van der Waals surface area contributed by atoms with E-state index < -0.39 is 0 Å². The van der Waals surface area contributed by atoms with E-state index in [1.165, 1.54) is 0 Å². The van der Waals surface area contributed by atoms with Crippen LogP contribution in [0, 0.1) is 6.92 Å². The van der Waals surface area contributed by atoms with Crippen molar-refractivity contribution in [2.45, 2.75) is 19.9 Å². The van der Waals surface area contributed by atoms with E-state index in [9.17, 15) is 4.79 Å². The highest BCUT2D eigenvalue weighted by atomic mass is 79.9. The Bertz CT molecular complexity index is 548. The van der Waals surface area contributed by atoms with E-state index >= 15 is 0 Å². The molecule has 0 spiro atoms. The molecule has 1 N–H and O–H groups in total. The van der Waals surface area contributed by atoms with Crippen LogP contribution in [0.4, 0.5) is 0 Å². The standard InChI is InChI=1S/C13H13BrN2O2/c1-8-7-15-13(18-8)9(2)16-12(17)10-3-5-11(14)6-4-10/h3-7,9H,1-2H3,(H,16,17). The lowest BCUT2D eigenvalue weighted by atomic mass is 10.2. The molecule has 0 fully saturated rings. The number of hydrogen-bond donors (Lipinski definition) is 1. The lowest BCUT2D eigenvalue weighted by molar-refractivity contribution is 0.0934. The SMILES string of the molecule is Cc1cnc(C(C)NC(=O)c2ccc(Br)cc2)o1. The molecule has 1 unspecified atom stereocenters. The Morgan fingerprint density at radius 1 is 1.39 bits per heavy atom. The van der Waals surface area contributed by atoms with Gasteiger partial charge in [-0.25, -0.2) is 4.98 Å². The minimum Gasteiger partial charge on any atom is -0.444 e. The van der Waals surface area contributed by atoms with Crippen LogP contribution in [0.3, 0.4) is 0 Å². The number of aromatic nitrogens is 1. The second-order valence-electron chi connectivity index (χ2n) is 4.01. The zero-order valence-corrected chi connectivity index (χ0v) is 11.7. The summed E-state index contributed by atoms with van der Waals surface area (Å²) in [6.45, 7) is 3.65. The molecule has 2 aromatic rings. The first kappa shape index (κ1) is 12.8. The number of halogens is 1. The molecule has 1 aromatic heterocycles. The predicted molar refractivity (Wildman–Crippen MR) is 71.3 cm³/mol. The molecular formula is C13H13BrN2O2. The van der Waals surface area contributed by atoms with Crippen molar-refractivity contribution in [1.29, 1.82) is 0 Å². The topological polar surface area (TPSA) is 55.1 Å². The molecule has 0 aliphatic heterocycles. The molecule has 4 nitrogen and oxygen atoms in total. The monoisotopic (exact) mass is 308 g/mol. The van der Waals surface area contributed by atoms with Crippen LogP contribution in [-0.4, -0.2) is 10.9 Å². The third-order valence-electron chi connectivity index (χ3n) is 2.46. The summed E-state index contributed by atoms with van der Waals surface area (Å²) in [7, 11) is 0. The van der Waals surface area contributed by atoms with Crippen LogP contribution in [0.1, 0.15) is 35.0 Å². The third kappa shape index (κ3) is 2.98. The number of oxazole rings is 1. The summed E-state index contributed by atoms with van der Waals surface area (Å²) in [5.74, 6) is 1.10. The maximum Gasteiger partial charge on any atom is 0.251 e. The number of nitrogens with one attached hydrogen (secondary N) is 1. The minimum absolute atomic E-state index is 0.147. The average molecular weight is 309 g/mol. The molecule has 0 saturated carbocycles. The van der Waals surface area contributed by atoms with E-state index in [1.54, 1.807) is 18.3 Å². The van der Waals surface area contributed by atoms with Gasteiger partial charge in [-0.1, -0.05) is 15.9 Å². The summed E-state index contributed by atoms with van der Waals surface area (Å²) in [6.07, 6.45) is 1.64. The smallest absolute Gasteiger partial charge is 0.251 e. The van der Waals surface area contributed by atoms with Crippen LogP contribution in [0.15, 0.2) is 39.4 Å². The second kappa shape index (κ2) is 5.35. The Morgan fingerprint density at radius 2 is 2.06 bits per heavy atom. The summed E-state index contributed by atoms with van der Waals surface area (Å²) in [5.41, 5.74) is 0.605. The highest BCUT2D eigenvalue weighted by Gasteiger charge is 2.15. The number of carbonyl (C=O) groups excluding carboxylic acids is 1. The largest absolute Gasteiger partial charge is 0.444 e. The number of carbonyl (C=O) groups is 1. The van der Waals surface area contributed by atoms with Gasteiger partial charge in [0.05, 0.1) is 6.20 Å². The Hall–Kier alpha value is -1.62. The van der Waals surface area contributed by atoms with Gasteiger partial charge in [0.15, 0.2) is 0 Å². The molecule has 1 aromatic carbocycles. The number of amides is 1. The maximum absolute atomic E-state index is 12.0. The van der Waals surface area contributed by atoms with Crippen LogP contribution in [0.25, 0.3) is 0 Å². The number of aryl methyl sites for hydroxylation is 1. The van der Waals surface area contributed by atoms with Crippen molar-refractivity contribution >= 4 is 21.8 Å². The first-order valence-corrected chi connectivity index (χ1v) is 6.34. The van der Waals surface area contributed by atoms with Gasteiger partial charge in [-0.2, -0.15) is 0 Å². The van der Waals surface area contributed by atoms with Crippen molar-refractivity contribution in [2.24, 2.45) is 0 Å². The molecule has 2 rings (SSSR count). The van der Waals surface area contributed by atoms with Crippen molar-refractivity contribution in [3.63, 3.8) is 0 Å². The molecule has 18 heavy (non-hydrogen) atoms. The van der Waals surface area contributed by atoms with Gasteiger partial charge in [0.2, 0.25) is 5.89 Å². The van der Waals surface area contributed by atoms with Crippen LogP contribution in [0.5, 0.6) is 0 Å². The van der Waals surface area contributed by atoms with E-state index in [-0.39, 0.29) is 11.9 Å². The molecule has 94 valence electrons. The van der Waals surface area contributed by atoms with Crippen molar-refractivity contribution in [3.05, 3.63) is 52.1 Å². The molecule has 5 heteroatoms. The highest BCUT2D eigenvalue weighted by Crippen LogP contribution is 2.14. The molecular weight excluding hydrogens is 296 g/mol. The fraction of sp³-hybridized carbons (Fsp3) is 0.231. The van der Waals surface area contributed by atoms with Gasteiger partial charge in [0, 0.05) is 10.0 Å². The molecule has 0 radical (unpaired) electrons. The fourth-order valence-electron chi connectivity index (χ4n) is 1.52. The predicted octanol–water partition coefficient (Wildman–Crippen LogP) is 3.24. The van der Waals surface area contributed by atoms with E-state index in [2.05, 4.69) is 26.2 Å². The summed E-state index contributed by atoms with van der Waals surface area (Å²) >= 11 is 3.33. The molecule has 0 saturated heterocycles. The molecule has 0 aliphatic carbocycles. The van der Waals surface area contributed by atoms with E-state index in [0.717, 1.165) is 10.2 Å². The van der Waals surface area contributed by atoms with Gasteiger partial charge in [0.1, 0.15) is 11.8 Å². The third-order valence-corrected chi connectivity index (χ3v) is 2.99. The zero-order valence-electron chi connectivity index (χ0n) is 10.1. The van der Waals surface area contributed by atoms with Crippen LogP contribution < -0.4 is 5.32 Å². The van der Waals surface area contributed by atoms with Gasteiger partial charge in [0.25, 0.3) is 5.91 Å². The van der Waals surface area contributed by atoms with E-state index in [1.807, 2.05) is 26.0 Å². The van der Waals surface area contributed by atoms with Crippen molar-refractivity contribution in [2.75, 3.05) is 0 Å². The first-order valence-electron chi connectivity index (χ1n) is 5.55. The Kier molecular flexibility index (Phi) is 3.81. The fourth-order valence-corrected chi connectivity index (χ4v) is 1.78. The summed E-state index contributed by atoms with van der Waals surface area (Å²) in [6, 6.07) is 6.92. The molecule has 1 atom stereocenters. The van der Waals surface area contributed by atoms with Crippen LogP contribution in [0.2, 0.25) is 0 Å². The van der Waals surface area contributed by atoms with Crippen molar-refractivity contribution in [3.8, 4) is 0 Å². The normalized spacial score (nSPS) is 12.2. The average Bonchev–Trinajstić information content (AvgIpc) is 2.76. The maximum atomic E-state index is 12.0. The quantitative estimate of drug-likeness (QED) is 0.947. The molecule has 0 aliphatic rings. The first-order chi connectivity index (χ1) is 8.56. The van der Waals surface area contributed by atoms with Crippen molar-refractivity contribution in [1.82, 2.24) is 10.3 Å². The summed E-state index contributed by atoms with van der Waals surface area (Å²) in [5, 5.41) is 2.83. The lowest BCUT2D eigenvalue weighted by Gasteiger charge is -2.10. The minimum atomic E-state index is -0.255. The van der Waals surface area contributed by atoms with Gasteiger partial charge < -0.3 is 9.73 Å².